The molecule has 2 bridgehead atoms. The molecule has 0 amide bonds. The summed E-state index contributed by atoms with van der Waals surface area (Å²) in [6, 6.07) is 18.3. The average Bonchev–Trinajstić information content (AvgIpc) is 2.82. The summed E-state index contributed by atoms with van der Waals surface area (Å²) in [5, 5.41) is 11.2. The van der Waals surface area contributed by atoms with Gasteiger partial charge in [0.15, 0.2) is 0 Å². The van der Waals surface area contributed by atoms with E-state index in [1.165, 1.54) is 0 Å². The summed E-state index contributed by atoms with van der Waals surface area (Å²) < 4.78 is 8.13. The van der Waals surface area contributed by atoms with Gasteiger partial charge in [-0.05, 0) is 43.0 Å². The Bertz CT molecular complexity index is 1520. The highest BCUT2D eigenvalue weighted by molar-refractivity contribution is 5.86. The van der Waals surface area contributed by atoms with Gasteiger partial charge < -0.3 is 14.1 Å². The normalized spacial score (nSPS) is 19.8. The summed E-state index contributed by atoms with van der Waals surface area (Å²) in [5.74, 6) is 1.33. The number of piperidine rings is 1. The van der Waals surface area contributed by atoms with E-state index in [2.05, 4.69) is 11.0 Å². The number of aromatic hydroxyl groups is 1. The number of aryl methyl sites for hydroxylation is 1. The first-order chi connectivity index (χ1) is 16.5. The maximum Gasteiger partial charge on any atom is 0.250 e. The summed E-state index contributed by atoms with van der Waals surface area (Å²) >= 11 is 0. The van der Waals surface area contributed by atoms with Gasteiger partial charge in [0.25, 0.3) is 5.56 Å². The third-order valence-electron chi connectivity index (χ3n) is 7.31. The van der Waals surface area contributed by atoms with Crippen LogP contribution in [-0.2, 0) is 13.1 Å². The number of aromatic nitrogens is 1. The first kappa shape index (κ1) is 20.9. The molecular weight excluding hydrogens is 428 g/mol. The van der Waals surface area contributed by atoms with Crippen LogP contribution >= 0.6 is 0 Å². The second-order valence-electron chi connectivity index (χ2n) is 9.56. The maximum atomic E-state index is 13.4. The molecule has 2 aromatic carbocycles. The monoisotopic (exact) mass is 454 g/mol. The first-order valence-electron chi connectivity index (χ1n) is 11.8. The van der Waals surface area contributed by atoms with Crippen LogP contribution in [0.4, 0.5) is 0 Å². The Morgan fingerprint density at radius 3 is 2.62 bits per heavy atom. The molecular formula is C28H26N2O4. The van der Waals surface area contributed by atoms with Crippen molar-refractivity contribution >= 4 is 11.0 Å². The molecule has 0 radical (unpaired) electrons. The Morgan fingerprint density at radius 2 is 1.79 bits per heavy atom. The largest absolute Gasteiger partial charge is 0.507 e. The average molecular weight is 455 g/mol. The van der Waals surface area contributed by atoms with Crippen LogP contribution in [0.3, 0.4) is 0 Å². The molecule has 2 atom stereocenters. The van der Waals surface area contributed by atoms with Crippen LogP contribution in [0, 0.1) is 12.8 Å². The van der Waals surface area contributed by atoms with E-state index in [0.717, 1.165) is 37.3 Å². The second-order valence-corrected chi connectivity index (χ2v) is 9.56. The van der Waals surface area contributed by atoms with Gasteiger partial charge in [0.05, 0.1) is 16.5 Å². The van der Waals surface area contributed by atoms with Crippen molar-refractivity contribution in [2.24, 2.45) is 5.92 Å². The van der Waals surface area contributed by atoms with Crippen molar-refractivity contribution < 1.29 is 9.52 Å². The van der Waals surface area contributed by atoms with Crippen molar-refractivity contribution in [3.63, 3.8) is 0 Å². The molecule has 34 heavy (non-hydrogen) atoms. The highest BCUT2D eigenvalue weighted by Gasteiger charge is 2.35. The lowest BCUT2D eigenvalue weighted by Gasteiger charge is -2.42. The Hall–Kier alpha value is -3.64. The molecule has 2 unspecified atom stereocenters. The molecule has 2 aliphatic heterocycles. The molecule has 0 spiro atoms. The van der Waals surface area contributed by atoms with E-state index in [4.69, 9.17) is 4.42 Å². The molecule has 172 valence electrons. The Labute approximate surface area is 196 Å². The van der Waals surface area contributed by atoms with Gasteiger partial charge in [-0.3, -0.25) is 14.5 Å². The van der Waals surface area contributed by atoms with Gasteiger partial charge in [-0.1, -0.05) is 36.4 Å². The number of rotatable bonds is 3. The first-order valence-corrected chi connectivity index (χ1v) is 11.8. The third kappa shape index (κ3) is 3.37. The highest BCUT2D eigenvalue weighted by atomic mass is 16.3. The number of phenolic OH excluding ortho intramolecular Hbond substituents is 1. The number of likely N-dealkylation sites (tertiary alicyclic amines) is 1. The zero-order valence-corrected chi connectivity index (χ0v) is 19.0. The van der Waals surface area contributed by atoms with Crippen molar-refractivity contribution in [2.45, 2.75) is 32.4 Å². The van der Waals surface area contributed by atoms with Crippen LogP contribution in [0.1, 0.15) is 29.4 Å². The fourth-order valence-electron chi connectivity index (χ4n) is 5.85. The van der Waals surface area contributed by atoms with Crippen LogP contribution < -0.4 is 11.0 Å². The SMILES string of the molecule is Cc1oc2c(CN3CC4CC(C3)c3cccc(=O)n3C4)c(O)ccc2c(=O)c1-c1ccccc1. The van der Waals surface area contributed by atoms with Crippen LogP contribution in [0.5, 0.6) is 5.75 Å². The summed E-state index contributed by atoms with van der Waals surface area (Å²) in [7, 11) is 0. The maximum absolute atomic E-state index is 13.4. The summed E-state index contributed by atoms with van der Waals surface area (Å²) in [6.45, 7) is 4.63. The third-order valence-corrected chi connectivity index (χ3v) is 7.31. The van der Waals surface area contributed by atoms with Gasteiger partial charge in [-0.25, -0.2) is 0 Å². The van der Waals surface area contributed by atoms with Crippen LogP contribution in [0.2, 0.25) is 0 Å². The fourth-order valence-corrected chi connectivity index (χ4v) is 5.85. The molecule has 6 heteroatoms. The second kappa shape index (κ2) is 7.99. The molecule has 2 aliphatic rings. The van der Waals surface area contributed by atoms with E-state index < -0.39 is 0 Å². The topological polar surface area (TPSA) is 75.7 Å². The summed E-state index contributed by atoms with van der Waals surface area (Å²) in [4.78, 5) is 28.1. The number of hydrogen-bond donors (Lipinski definition) is 1. The zero-order valence-electron chi connectivity index (χ0n) is 19.0. The van der Waals surface area contributed by atoms with Gasteiger partial charge in [0, 0.05) is 43.9 Å². The van der Waals surface area contributed by atoms with E-state index in [1.54, 1.807) is 25.1 Å². The molecule has 1 saturated heterocycles. The van der Waals surface area contributed by atoms with Gasteiger partial charge in [0.2, 0.25) is 5.43 Å². The molecule has 4 aromatic rings. The van der Waals surface area contributed by atoms with E-state index in [9.17, 15) is 14.7 Å². The van der Waals surface area contributed by atoms with Gasteiger partial charge in [-0.2, -0.15) is 0 Å². The standard InChI is InChI=1S/C28H26N2O4/c1-17-26(19-6-3-2-4-7-19)27(33)21-10-11-24(31)22(28(21)34-17)16-29-13-18-12-20(15-29)23-8-5-9-25(32)30(23)14-18/h2-11,18,20,31H,12-16H2,1H3. The quantitative estimate of drug-likeness (QED) is 0.501. The smallest absolute Gasteiger partial charge is 0.250 e. The molecule has 0 aliphatic carbocycles. The number of benzene rings is 2. The number of nitrogens with zero attached hydrogens (tertiary/aromatic N) is 2. The van der Waals surface area contributed by atoms with Crippen molar-refractivity contribution in [3.05, 3.63) is 98.3 Å². The van der Waals surface area contributed by atoms with E-state index in [1.807, 2.05) is 41.0 Å². The molecule has 1 N–H and O–H groups in total. The predicted molar refractivity (Wildman–Crippen MR) is 131 cm³/mol. The van der Waals surface area contributed by atoms with Gasteiger partial charge in [-0.15, -0.1) is 0 Å². The molecule has 4 heterocycles. The lowest BCUT2D eigenvalue weighted by molar-refractivity contribution is 0.113. The number of hydrogen-bond acceptors (Lipinski definition) is 5. The predicted octanol–water partition coefficient (Wildman–Crippen LogP) is 4.26. The van der Waals surface area contributed by atoms with Crippen molar-refractivity contribution in [1.82, 2.24) is 9.47 Å². The molecule has 2 aromatic heterocycles. The fraction of sp³-hybridized carbons (Fsp3) is 0.286. The Morgan fingerprint density at radius 1 is 0.971 bits per heavy atom. The van der Waals surface area contributed by atoms with E-state index in [-0.39, 0.29) is 22.7 Å². The van der Waals surface area contributed by atoms with E-state index in [0.29, 0.717) is 40.3 Å². The van der Waals surface area contributed by atoms with Crippen molar-refractivity contribution in [2.75, 3.05) is 13.1 Å². The lowest BCUT2D eigenvalue weighted by atomic mass is 9.83. The molecule has 1 fully saturated rings. The van der Waals surface area contributed by atoms with Crippen molar-refractivity contribution in [1.29, 1.82) is 0 Å². The van der Waals surface area contributed by atoms with Crippen molar-refractivity contribution in [3.8, 4) is 16.9 Å². The molecule has 0 saturated carbocycles. The van der Waals surface area contributed by atoms with E-state index >= 15 is 0 Å². The minimum atomic E-state index is -0.0879. The van der Waals surface area contributed by atoms with Crippen LogP contribution in [0.15, 0.2) is 74.7 Å². The summed E-state index contributed by atoms with van der Waals surface area (Å²) in [5.41, 5.74) is 3.54. The minimum Gasteiger partial charge on any atom is -0.507 e. The summed E-state index contributed by atoms with van der Waals surface area (Å²) in [6.07, 6.45) is 1.07. The van der Waals surface area contributed by atoms with Crippen LogP contribution in [0.25, 0.3) is 22.1 Å². The Kier molecular flexibility index (Phi) is 4.92. The molecule has 6 nitrogen and oxygen atoms in total. The van der Waals surface area contributed by atoms with Gasteiger partial charge >= 0.3 is 0 Å². The lowest BCUT2D eigenvalue weighted by Crippen LogP contribution is -2.46. The molecule has 6 rings (SSSR count). The minimum absolute atomic E-state index is 0.0684. The number of phenols is 1. The Balaban J connectivity index is 1.39. The highest BCUT2D eigenvalue weighted by Crippen LogP contribution is 2.37. The van der Waals surface area contributed by atoms with Gasteiger partial charge in [0.1, 0.15) is 17.1 Å². The number of fused-ring (bicyclic) bond motifs is 5. The zero-order chi connectivity index (χ0) is 23.4. The van der Waals surface area contributed by atoms with Crippen LogP contribution in [-0.4, -0.2) is 27.7 Å². The number of pyridine rings is 1.